The molecule has 0 bridgehead atoms. The zero-order valence-electron chi connectivity index (χ0n) is 12.1. The van der Waals surface area contributed by atoms with Gasteiger partial charge in [0.15, 0.2) is 0 Å². The van der Waals surface area contributed by atoms with E-state index in [2.05, 4.69) is 16.5 Å². The Morgan fingerprint density at radius 3 is 2.65 bits per heavy atom. The van der Waals surface area contributed by atoms with Crippen molar-refractivity contribution in [2.75, 3.05) is 5.73 Å². The van der Waals surface area contributed by atoms with Gasteiger partial charge in [-0.3, -0.25) is 0 Å². The third-order valence-corrected chi connectivity index (χ3v) is 2.83. The summed E-state index contributed by atoms with van der Waals surface area (Å²) in [6.07, 6.45) is 5.65. The van der Waals surface area contributed by atoms with Gasteiger partial charge < -0.3 is 10.7 Å². The van der Waals surface area contributed by atoms with E-state index >= 15 is 0 Å². The fourth-order valence-corrected chi connectivity index (χ4v) is 1.92. The van der Waals surface area contributed by atoms with Crippen LogP contribution in [0.25, 0.3) is 23.5 Å². The van der Waals surface area contributed by atoms with Crippen molar-refractivity contribution in [2.24, 2.45) is 0 Å². The minimum Gasteiger partial charge on any atom is -0.397 e. The highest BCUT2D eigenvalue weighted by Crippen LogP contribution is 2.22. The number of halogens is 1. The van der Waals surface area contributed by atoms with Gasteiger partial charge in [-0.1, -0.05) is 44.2 Å². The van der Waals surface area contributed by atoms with Crippen molar-refractivity contribution in [2.45, 2.75) is 20.8 Å². The lowest BCUT2D eigenvalue weighted by Crippen LogP contribution is -2.20. The van der Waals surface area contributed by atoms with E-state index in [0.29, 0.717) is 16.5 Å². The molecule has 20 heavy (non-hydrogen) atoms. The molecule has 0 aromatic carbocycles. The molecule has 2 aromatic heterocycles. The van der Waals surface area contributed by atoms with Crippen molar-refractivity contribution >= 4 is 29.4 Å². The Morgan fingerprint density at radius 1 is 1.35 bits per heavy atom. The smallest absolute Gasteiger partial charge is 0.129 e. The predicted octanol–water partition coefficient (Wildman–Crippen LogP) is 3.11. The number of nitrogens with zero attached hydrogens (tertiary/aromatic N) is 1. The molecule has 0 radical (unpaired) electrons. The first kappa shape index (κ1) is 16.1. The first-order chi connectivity index (χ1) is 9.65. The van der Waals surface area contributed by atoms with Gasteiger partial charge in [0.25, 0.3) is 0 Å². The molecule has 3 N–H and O–H groups in total. The maximum atomic E-state index is 5.91. The van der Waals surface area contributed by atoms with Gasteiger partial charge in [-0.2, -0.15) is 0 Å². The monoisotopic (exact) mass is 289 g/mol. The van der Waals surface area contributed by atoms with E-state index in [4.69, 9.17) is 17.3 Å². The van der Waals surface area contributed by atoms with Gasteiger partial charge in [-0.05, 0) is 36.4 Å². The van der Waals surface area contributed by atoms with Crippen LogP contribution in [0.2, 0.25) is 5.15 Å². The average molecular weight is 290 g/mol. The number of anilines is 1. The topological polar surface area (TPSA) is 54.7 Å². The number of nitrogens with one attached hydrogen (secondary N) is 1. The van der Waals surface area contributed by atoms with Crippen molar-refractivity contribution in [3.63, 3.8) is 0 Å². The molecular weight excluding hydrogens is 270 g/mol. The number of pyridine rings is 1. The second kappa shape index (κ2) is 7.56. The number of rotatable bonds is 2. The fourth-order valence-electron chi connectivity index (χ4n) is 1.77. The molecule has 0 aliphatic heterocycles. The van der Waals surface area contributed by atoms with Crippen molar-refractivity contribution in [3.05, 3.63) is 46.6 Å². The Balaban J connectivity index is 0.000000956. The summed E-state index contributed by atoms with van der Waals surface area (Å²) in [7, 11) is 0. The zero-order valence-corrected chi connectivity index (χ0v) is 12.8. The zero-order chi connectivity index (χ0) is 15.1. The Labute approximate surface area is 124 Å². The molecule has 3 nitrogen and oxygen atoms in total. The van der Waals surface area contributed by atoms with Gasteiger partial charge in [0.2, 0.25) is 0 Å². The first-order valence-corrected chi connectivity index (χ1v) is 6.94. The van der Waals surface area contributed by atoms with Crippen LogP contribution in [0.1, 0.15) is 20.8 Å². The third-order valence-electron chi connectivity index (χ3n) is 2.62. The van der Waals surface area contributed by atoms with Crippen molar-refractivity contribution < 1.29 is 0 Å². The Bertz CT molecular complexity index is 699. The first-order valence-electron chi connectivity index (χ1n) is 6.56. The van der Waals surface area contributed by atoms with E-state index in [1.807, 2.05) is 39.0 Å². The van der Waals surface area contributed by atoms with E-state index in [1.54, 1.807) is 18.2 Å². The number of H-pyrrole nitrogens is 1. The van der Waals surface area contributed by atoms with Crippen molar-refractivity contribution in [1.29, 1.82) is 0 Å². The van der Waals surface area contributed by atoms with E-state index < -0.39 is 0 Å². The van der Waals surface area contributed by atoms with E-state index in [1.165, 1.54) is 0 Å². The summed E-state index contributed by atoms with van der Waals surface area (Å²) < 4.78 is 0. The molecule has 0 saturated carbocycles. The molecule has 0 spiro atoms. The van der Waals surface area contributed by atoms with E-state index in [0.717, 1.165) is 16.3 Å². The van der Waals surface area contributed by atoms with Crippen molar-refractivity contribution in [1.82, 2.24) is 9.97 Å². The molecule has 0 atom stereocenters. The van der Waals surface area contributed by atoms with Crippen molar-refractivity contribution in [3.8, 4) is 11.4 Å². The number of nitrogen functional groups attached to an aromatic ring is 1. The molecular formula is C16H20ClN3. The molecule has 0 fully saturated rings. The molecule has 106 valence electrons. The summed E-state index contributed by atoms with van der Waals surface area (Å²) in [5, 5.41) is 2.47. The standard InChI is InChI=1S/C14H14ClN3.C2H6/c1-3-5-11-9(4-2)8-12(17-11)14-10(16)6-7-13(15)18-14;1-2/h3-8,17H,1,16H2,2H3;1-2H3/b9-4-,11-5+;. The highest BCUT2D eigenvalue weighted by atomic mass is 35.5. The maximum absolute atomic E-state index is 5.91. The minimum absolute atomic E-state index is 0.421. The maximum Gasteiger partial charge on any atom is 0.129 e. The van der Waals surface area contributed by atoms with Gasteiger partial charge in [-0.15, -0.1) is 0 Å². The number of nitrogens with two attached hydrogens (primary N) is 1. The van der Waals surface area contributed by atoms with Crippen LogP contribution in [-0.4, -0.2) is 9.97 Å². The summed E-state index contributed by atoms with van der Waals surface area (Å²) in [5.41, 5.74) is 8.01. The number of aromatic amines is 1. The summed E-state index contributed by atoms with van der Waals surface area (Å²) >= 11 is 5.90. The number of hydrogen-bond donors (Lipinski definition) is 2. The SMILES string of the molecule is C=C/C=c1/[nH]c(-c2nc(Cl)ccc2N)c/c1=C/C.CC. The normalized spacial score (nSPS) is 12.0. The second-order valence-electron chi connectivity index (χ2n) is 3.81. The lowest BCUT2D eigenvalue weighted by atomic mass is 10.2. The molecule has 4 heteroatoms. The highest BCUT2D eigenvalue weighted by molar-refractivity contribution is 6.29. The average Bonchev–Trinajstić information content (AvgIpc) is 2.87. The Morgan fingerprint density at radius 2 is 2.05 bits per heavy atom. The number of aromatic nitrogens is 2. The predicted molar refractivity (Wildman–Crippen MR) is 88.8 cm³/mol. The molecule has 0 unspecified atom stereocenters. The molecule has 2 heterocycles. The molecule has 0 aliphatic rings. The fraction of sp³-hybridized carbons (Fsp3) is 0.188. The summed E-state index contributed by atoms with van der Waals surface area (Å²) in [6, 6.07) is 5.41. The Kier molecular flexibility index (Phi) is 6.07. The molecule has 2 rings (SSSR count). The van der Waals surface area contributed by atoms with Crippen LogP contribution in [0.5, 0.6) is 0 Å². The summed E-state index contributed by atoms with van der Waals surface area (Å²) in [4.78, 5) is 7.51. The van der Waals surface area contributed by atoms with Gasteiger partial charge >= 0.3 is 0 Å². The number of hydrogen-bond acceptors (Lipinski definition) is 2. The number of allylic oxidation sites excluding steroid dienone is 1. The lowest BCUT2D eigenvalue weighted by Gasteiger charge is -2.02. The molecule has 0 aliphatic carbocycles. The van der Waals surface area contributed by atoms with Crippen LogP contribution in [0, 0.1) is 0 Å². The molecule has 0 saturated heterocycles. The van der Waals surface area contributed by atoms with E-state index in [-0.39, 0.29) is 0 Å². The summed E-state index contributed by atoms with van der Waals surface area (Å²) in [5.74, 6) is 0. The van der Waals surface area contributed by atoms with Gasteiger partial charge in [-0.25, -0.2) is 4.98 Å². The lowest BCUT2D eigenvalue weighted by molar-refractivity contribution is 1.26. The third kappa shape index (κ3) is 3.52. The van der Waals surface area contributed by atoms with Crippen LogP contribution in [0.4, 0.5) is 5.69 Å². The van der Waals surface area contributed by atoms with Crippen LogP contribution >= 0.6 is 11.6 Å². The van der Waals surface area contributed by atoms with Crippen LogP contribution in [0.3, 0.4) is 0 Å². The van der Waals surface area contributed by atoms with Crippen LogP contribution in [0.15, 0.2) is 30.9 Å². The van der Waals surface area contributed by atoms with Gasteiger partial charge in [0.1, 0.15) is 10.8 Å². The second-order valence-corrected chi connectivity index (χ2v) is 4.20. The van der Waals surface area contributed by atoms with Gasteiger partial charge in [0.05, 0.1) is 11.4 Å². The largest absolute Gasteiger partial charge is 0.397 e. The minimum atomic E-state index is 0.421. The van der Waals surface area contributed by atoms with Gasteiger partial charge in [0, 0.05) is 5.35 Å². The van der Waals surface area contributed by atoms with Crippen LogP contribution in [-0.2, 0) is 0 Å². The van der Waals surface area contributed by atoms with Crippen LogP contribution < -0.4 is 16.3 Å². The molecule has 0 amide bonds. The molecule has 2 aromatic rings. The quantitative estimate of drug-likeness (QED) is 0.835. The highest BCUT2D eigenvalue weighted by Gasteiger charge is 2.07. The summed E-state index contributed by atoms with van der Waals surface area (Å²) in [6.45, 7) is 9.67. The Hall–Kier alpha value is -2.00. The van der Waals surface area contributed by atoms with E-state index in [9.17, 15) is 0 Å².